The van der Waals surface area contributed by atoms with Gasteiger partial charge in [-0.15, -0.1) is 0 Å². The molecule has 1 aliphatic rings. The Balaban J connectivity index is 2.28. The summed E-state index contributed by atoms with van der Waals surface area (Å²) < 4.78 is 28.3. The van der Waals surface area contributed by atoms with Gasteiger partial charge in [0, 0.05) is 22.5 Å². The molecule has 0 heterocycles. The van der Waals surface area contributed by atoms with Gasteiger partial charge >= 0.3 is 0 Å². The number of rotatable bonds is 4. The van der Waals surface area contributed by atoms with Crippen molar-refractivity contribution in [3.8, 4) is 0 Å². The molecule has 1 aromatic rings. The number of hydrogen-bond acceptors (Lipinski definition) is 3. The van der Waals surface area contributed by atoms with Crippen LogP contribution in [0.15, 0.2) is 27.6 Å². The topological polar surface area (TPSA) is 66.4 Å². The number of nitrogens with one attached hydrogen (secondary N) is 1. The predicted molar refractivity (Wildman–Crippen MR) is 82.3 cm³/mol. The Morgan fingerprint density at radius 1 is 1.55 bits per heavy atom. The van der Waals surface area contributed by atoms with Crippen LogP contribution in [-0.2, 0) is 10.0 Å². The maximum Gasteiger partial charge on any atom is 0.242 e. The lowest BCUT2D eigenvalue weighted by Crippen LogP contribution is -2.44. The first-order valence-electron chi connectivity index (χ1n) is 6.37. The minimum absolute atomic E-state index is 0.0335. The molecule has 1 aromatic carbocycles. The molecule has 1 aliphatic carbocycles. The van der Waals surface area contributed by atoms with Crippen molar-refractivity contribution in [1.29, 1.82) is 0 Å². The van der Waals surface area contributed by atoms with Crippen molar-refractivity contribution < 1.29 is 13.5 Å². The zero-order chi connectivity index (χ0) is 15.0. The fourth-order valence-electron chi connectivity index (χ4n) is 2.57. The zero-order valence-corrected chi connectivity index (χ0v) is 14.2. The highest BCUT2D eigenvalue weighted by molar-refractivity contribution is 9.10. The first-order valence-corrected chi connectivity index (χ1v) is 9.02. The SMILES string of the molecule is CC1(CO)CCCC1NS(=O)(=O)c1ccc(Br)cc1Cl. The van der Waals surface area contributed by atoms with Crippen LogP contribution in [0.5, 0.6) is 0 Å². The van der Waals surface area contributed by atoms with Gasteiger partial charge in [-0.2, -0.15) is 0 Å². The first-order chi connectivity index (χ1) is 9.28. The van der Waals surface area contributed by atoms with E-state index in [1.807, 2.05) is 6.92 Å². The van der Waals surface area contributed by atoms with Crippen molar-refractivity contribution in [2.24, 2.45) is 5.41 Å². The molecule has 7 heteroatoms. The van der Waals surface area contributed by atoms with Crippen LogP contribution in [0, 0.1) is 5.41 Å². The van der Waals surface area contributed by atoms with Crippen LogP contribution in [0.2, 0.25) is 5.02 Å². The van der Waals surface area contributed by atoms with Gasteiger partial charge in [-0.1, -0.05) is 40.9 Å². The second-order valence-corrected chi connectivity index (χ2v) is 8.46. The van der Waals surface area contributed by atoms with Crippen LogP contribution >= 0.6 is 27.5 Å². The van der Waals surface area contributed by atoms with Crippen LogP contribution in [0.4, 0.5) is 0 Å². The zero-order valence-electron chi connectivity index (χ0n) is 11.1. The Hall–Kier alpha value is -0.140. The van der Waals surface area contributed by atoms with Crippen molar-refractivity contribution >= 4 is 37.6 Å². The second-order valence-electron chi connectivity index (χ2n) is 5.45. The molecule has 0 bridgehead atoms. The lowest BCUT2D eigenvalue weighted by atomic mass is 9.86. The molecule has 0 saturated heterocycles. The largest absolute Gasteiger partial charge is 0.396 e. The van der Waals surface area contributed by atoms with E-state index in [9.17, 15) is 13.5 Å². The summed E-state index contributed by atoms with van der Waals surface area (Å²) in [4.78, 5) is 0.0644. The summed E-state index contributed by atoms with van der Waals surface area (Å²) in [5, 5.41) is 9.66. The van der Waals surface area contributed by atoms with Crippen molar-refractivity contribution in [3.05, 3.63) is 27.7 Å². The van der Waals surface area contributed by atoms with Crippen LogP contribution in [0.1, 0.15) is 26.2 Å². The third-order valence-electron chi connectivity index (χ3n) is 3.92. The molecule has 0 aliphatic heterocycles. The van der Waals surface area contributed by atoms with E-state index in [0.29, 0.717) is 0 Å². The van der Waals surface area contributed by atoms with Crippen molar-refractivity contribution in [3.63, 3.8) is 0 Å². The van der Waals surface area contributed by atoms with E-state index in [4.69, 9.17) is 11.6 Å². The number of halogens is 2. The normalized spacial score (nSPS) is 26.9. The van der Waals surface area contributed by atoms with E-state index in [0.717, 1.165) is 23.7 Å². The maximum atomic E-state index is 12.4. The fourth-order valence-corrected chi connectivity index (χ4v) is 5.01. The minimum Gasteiger partial charge on any atom is -0.396 e. The molecule has 1 fully saturated rings. The van der Waals surface area contributed by atoms with E-state index in [-0.39, 0.29) is 22.6 Å². The quantitative estimate of drug-likeness (QED) is 0.841. The summed E-state index contributed by atoms with van der Waals surface area (Å²) in [5.41, 5.74) is -0.408. The van der Waals surface area contributed by atoms with Gasteiger partial charge in [0.1, 0.15) is 4.90 Å². The highest BCUT2D eigenvalue weighted by Crippen LogP contribution is 2.38. The minimum atomic E-state index is -3.69. The van der Waals surface area contributed by atoms with Crippen LogP contribution in [-0.4, -0.2) is 26.2 Å². The van der Waals surface area contributed by atoms with E-state index >= 15 is 0 Å². The van der Waals surface area contributed by atoms with E-state index in [1.165, 1.54) is 6.07 Å². The van der Waals surface area contributed by atoms with Crippen LogP contribution in [0.3, 0.4) is 0 Å². The summed E-state index contributed by atoms with van der Waals surface area (Å²) in [5.74, 6) is 0. The van der Waals surface area contributed by atoms with Crippen molar-refractivity contribution in [1.82, 2.24) is 4.72 Å². The summed E-state index contributed by atoms with van der Waals surface area (Å²) in [6.07, 6.45) is 2.44. The standard InChI is InChI=1S/C13H17BrClNO3S/c1-13(8-17)6-2-3-12(13)16-20(18,19)11-5-4-9(14)7-10(11)15/h4-5,7,12,16-17H,2-3,6,8H2,1H3. The first kappa shape index (κ1) is 16.2. The third-order valence-corrected chi connectivity index (χ3v) is 6.37. The molecule has 0 amide bonds. The Labute approximate surface area is 132 Å². The van der Waals surface area contributed by atoms with Gasteiger partial charge in [-0.3, -0.25) is 0 Å². The lowest BCUT2D eigenvalue weighted by Gasteiger charge is -2.29. The van der Waals surface area contributed by atoms with E-state index in [2.05, 4.69) is 20.7 Å². The molecule has 4 nitrogen and oxygen atoms in total. The molecule has 2 rings (SSSR count). The van der Waals surface area contributed by atoms with Gasteiger partial charge in [0.05, 0.1) is 5.02 Å². The lowest BCUT2D eigenvalue weighted by molar-refractivity contribution is 0.127. The average molecular weight is 383 g/mol. The molecule has 0 radical (unpaired) electrons. The molecule has 20 heavy (non-hydrogen) atoms. The molecule has 2 unspecified atom stereocenters. The third kappa shape index (κ3) is 3.20. The second kappa shape index (κ2) is 5.93. The summed E-state index contributed by atoms with van der Waals surface area (Å²) >= 11 is 9.25. The van der Waals surface area contributed by atoms with Crippen molar-refractivity contribution in [2.75, 3.05) is 6.61 Å². The Morgan fingerprint density at radius 3 is 2.85 bits per heavy atom. The molecule has 1 saturated carbocycles. The van der Waals surface area contributed by atoms with Gasteiger partial charge in [-0.05, 0) is 31.0 Å². The highest BCUT2D eigenvalue weighted by Gasteiger charge is 2.40. The van der Waals surface area contributed by atoms with Crippen LogP contribution < -0.4 is 4.72 Å². The van der Waals surface area contributed by atoms with Gasteiger partial charge in [0.15, 0.2) is 0 Å². The van der Waals surface area contributed by atoms with Gasteiger partial charge in [0.25, 0.3) is 0 Å². The molecular weight excluding hydrogens is 366 g/mol. The molecule has 2 atom stereocenters. The van der Waals surface area contributed by atoms with Gasteiger partial charge in [-0.25, -0.2) is 13.1 Å². The number of aliphatic hydroxyl groups excluding tert-OH is 1. The number of sulfonamides is 1. The summed E-state index contributed by atoms with van der Waals surface area (Å²) in [6, 6.07) is 4.40. The molecule has 112 valence electrons. The fraction of sp³-hybridized carbons (Fsp3) is 0.538. The molecular formula is C13H17BrClNO3S. The number of benzene rings is 1. The Bertz CT molecular complexity index is 608. The van der Waals surface area contributed by atoms with E-state index < -0.39 is 15.4 Å². The van der Waals surface area contributed by atoms with Gasteiger partial charge in [0.2, 0.25) is 10.0 Å². The smallest absolute Gasteiger partial charge is 0.242 e. The number of hydrogen-bond donors (Lipinski definition) is 2. The maximum absolute atomic E-state index is 12.4. The van der Waals surface area contributed by atoms with Gasteiger partial charge < -0.3 is 5.11 Å². The molecule has 2 N–H and O–H groups in total. The summed E-state index contributed by atoms with van der Waals surface area (Å²) in [6.45, 7) is 1.87. The predicted octanol–water partition coefficient (Wildman–Crippen LogP) is 2.93. The molecule has 0 spiro atoms. The van der Waals surface area contributed by atoms with Crippen LogP contribution in [0.25, 0.3) is 0 Å². The highest BCUT2D eigenvalue weighted by atomic mass is 79.9. The summed E-state index contributed by atoms with van der Waals surface area (Å²) in [7, 11) is -3.69. The van der Waals surface area contributed by atoms with Crippen molar-refractivity contribution in [2.45, 2.75) is 37.1 Å². The Morgan fingerprint density at radius 2 is 2.25 bits per heavy atom. The number of aliphatic hydroxyl groups is 1. The Kier molecular flexibility index (Phi) is 4.81. The monoisotopic (exact) mass is 381 g/mol. The van der Waals surface area contributed by atoms with E-state index in [1.54, 1.807) is 12.1 Å². The molecule has 0 aromatic heterocycles. The average Bonchev–Trinajstić information content (AvgIpc) is 2.70.